The maximum Gasteiger partial charge on any atom is 0.339 e. The average molecular weight is 257 g/mol. The number of fused-ring (bicyclic) bond motifs is 3. The molecule has 0 amide bonds. The van der Waals surface area contributed by atoms with Crippen molar-refractivity contribution < 1.29 is 14.3 Å². The lowest BCUT2D eigenvalue weighted by Gasteiger charge is -2.47. The third-order valence-electron chi connectivity index (χ3n) is 3.93. The molecule has 19 heavy (non-hydrogen) atoms. The van der Waals surface area contributed by atoms with Crippen LogP contribution < -0.4 is 0 Å². The Bertz CT molecular complexity index is 542. The summed E-state index contributed by atoms with van der Waals surface area (Å²) in [6.07, 6.45) is 1.12. The number of carbonyl (C=O) groups excluding carboxylic acids is 2. The maximum atomic E-state index is 12.3. The Hall–Kier alpha value is -2.10. The predicted molar refractivity (Wildman–Crippen MR) is 69.5 cm³/mol. The van der Waals surface area contributed by atoms with Crippen molar-refractivity contribution in [3.8, 4) is 0 Å². The fourth-order valence-corrected chi connectivity index (χ4v) is 2.73. The minimum absolute atomic E-state index is 0.144. The number of rotatable bonds is 2. The zero-order chi connectivity index (χ0) is 13.5. The molecule has 0 radical (unpaired) electrons. The molecule has 0 saturated carbocycles. The van der Waals surface area contributed by atoms with E-state index in [1.807, 2.05) is 11.0 Å². The van der Waals surface area contributed by atoms with Crippen molar-refractivity contribution in [2.24, 2.45) is 0 Å². The minimum Gasteiger partial charge on any atom is -0.447 e. The normalized spacial score (nSPS) is 20.5. The van der Waals surface area contributed by atoms with E-state index in [1.54, 1.807) is 24.3 Å². The van der Waals surface area contributed by atoms with Gasteiger partial charge < -0.3 is 9.64 Å². The Morgan fingerprint density at radius 1 is 1.21 bits per heavy atom. The quantitative estimate of drug-likeness (QED) is 0.598. The molecular formula is C15H15NO3. The van der Waals surface area contributed by atoms with Crippen molar-refractivity contribution >= 4 is 11.8 Å². The molecule has 4 nitrogen and oxygen atoms in total. The summed E-state index contributed by atoms with van der Waals surface area (Å²) in [4.78, 5) is 26.3. The highest BCUT2D eigenvalue weighted by atomic mass is 16.6. The van der Waals surface area contributed by atoms with E-state index in [1.165, 1.54) is 0 Å². The number of esters is 1. The molecule has 0 spiro atoms. The monoisotopic (exact) mass is 257 g/mol. The van der Waals surface area contributed by atoms with Gasteiger partial charge in [-0.25, -0.2) is 4.79 Å². The zero-order valence-electron chi connectivity index (χ0n) is 10.6. The van der Waals surface area contributed by atoms with E-state index in [2.05, 4.69) is 6.58 Å². The lowest BCUT2D eigenvalue weighted by molar-refractivity contribution is -0.148. The number of Topliss-reactive ketones (excluding diaryl/α,β-unsaturated/α-hetero) is 1. The van der Waals surface area contributed by atoms with Crippen molar-refractivity contribution in [2.45, 2.75) is 18.4 Å². The van der Waals surface area contributed by atoms with Crippen molar-refractivity contribution in [1.29, 1.82) is 0 Å². The molecule has 4 rings (SSSR count). The fraction of sp³-hybridized carbons (Fsp3) is 0.333. The Morgan fingerprint density at radius 2 is 1.84 bits per heavy atom. The lowest BCUT2D eigenvalue weighted by Crippen LogP contribution is -2.59. The number of ether oxygens (including phenoxy) is 1. The number of benzene rings is 1. The SMILES string of the molecule is C=C1C(=O)C2(OC(=O)c3ccccc3)CCN1CC2. The first kappa shape index (κ1) is 12.0. The molecule has 98 valence electrons. The maximum absolute atomic E-state index is 12.3. The first-order valence-electron chi connectivity index (χ1n) is 6.39. The van der Waals surface area contributed by atoms with Crippen LogP contribution in [0.4, 0.5) is 0 Å². The summed E-state index contributed by atoms with van der Waals surface area (Å²) < 4.78 is 5.56. The topological polar surface area (TPSA) is 46.6 Å². The molecule has 3 saturated heterocycles. The first-order valence-corrected chi connectivity index (χ1v) is 6.39. The largest absolute Gasteiger partial charge is 0.447 e. The van der Waals surface area contributed by atoms with Crippen LogP contribution in [-0.2, 0) is 9.53 Å². The highest BCUT2D eigenvalue weighted by Crippen LogP contribution is 2.37. The third-order valence-corrected chi connectivity index (χ3v) is 3.93. The van der Waals surface area contributed by atoms with Gasteiger partial charge in [0.2, 0.25) is 5.78 Å². The predicted octanol–water partition coefficient (Wildman–Crippen LogP) is 1.77. The van der Waals surface area contributed by atoms with Crippen LogP contribution in [0.25, 0.3) is 0 Å². The van der Waals surface area contributed by atoms with Gasteiger partial charge in [0, 0.05) is 25.9 Å². The van der Waals surface area contributed by atoms with Gasteiger partial charge in [-0.3, -0.25) is 4.79 Å². The second-order valence-corrected chi connectivity index (χ2v) is 5.01. The van der Waals surface area contributed by atoms with E-state index in [-0.39, 0.29) is 5.78 Å². The Morgan fingerprint density at radius 3 is 2.47 bits per heavy atom. The van der Waals surface area contributed by atoms with Crippen molar-refractivity contribution in [2.75, 3.05) is 13.1 Å². The van der Waals surface area contributed by atoms with Crippen molar-refractivity contribution in [3.05, 3.63) is 48.2 Å². The summed E-state index contributed by atoms with van der Waals surface area (Å²) in [6.45, 7) is 5.25. The molecule has 3 heterocycles. The summed E-state index contributed by atoms with van der Waals surface area (Å²) in [5.74, 6) is -0.577. The van der Waals surface area contributed by atoms with E-state index in [4.69, 9.17) is 4.74 Å². The van der Waals surface area contributed by atoms with Gasteiger partial charge in [0.1, 0.15) is 0 Å². The number of ketones is 1. The fourth-order valence-electron chi connectivity index (χ4n) is 2.73. The standard InChI is InChI=1S/C15H15NO3/c1-11-13(17)15(7-9-16(11)10-8-15)19-14(18)12-5-3-2-4-6-12/h2-6H,1,7-10H2. The number of piperidine rings is 3. The zero-order valence-corrected chi connectivity index (χ0v) is 10.6. The van der Waals surface area contributed by atoms with E-state index >= 15 is 0 Å². The molecular weight excluding hydrogens is 242 g/mol. The molecule has 3 aliphatic heterocycles. The molecule has 0 aromatic heterocycles. The molecule has 0 aliphatic carbocycles. The second-order valence-electron chi connectivity index (χ2n) is 5.01. The number of hydrogen-bond donors (Lipinski definition) is 0. The Kier molecular flexibility index (Phi) is 2.66. The molecule has 1 aromatic rings. The lowest BCUT2D eigenvalue weighted by atomic mass is 9.80. The van der Waals surface area contributed by atoms with Crippen LogP contribution in [0, 0.1) is 0 Å². The summed E-state index contributed by atoms with van der Waals surface area (Å²) >= 11 is 0. The summed E-state index contributed by atoms with van der Waals surface area (Å²) in [5.41, 5.74) is -0.0414. The molecule has 3 fully saturated rings. The van der Waals surface area contributed by atoms with Crippen molar-refractivity contribution in [1.82, 2.24) is 4.90 Å². The van der Waals surface area contributed by atoms with Crippen LogP contribution in [0.1, 0.15) is 23.2 Å². The molecule has 0 atom stereocenters. The third kappa shape index (κ3) is 1.84. The van der Waals surface area contributed by atoms with E-state index in [0.29, 0.717) is 24.1 Å². The van der Waals surface area contributed by atoms with Crippen LogP contribution in [0.3, 0.4) is 0 Å². The average Bonchev–Trinajstić information content (AvgIpc) is 2.46. The molecule has 2 bridgehead atoms. The Balaban J connectivity index is 1.84. The molecule has 0 unspecified atom stereocenters. The number of carbonyl (C=O) groups is 2. The minimum atomic E-state index is -0.987. The van der Waals surface area contributed by atoms with Gasteiger partial charge in [-0.15, -0.1) is 0 Å². The van der Waals surface area contributed by atoms with E-state index in [0.717, 1.165) is 13.1 Å². The van der Waals surface area contributed by atoms with Gasteiger partial charge in [-0.1, -0.05) is 24.8 Å². The van der Waals surface area contributed by atoms with Gasteiger partial charge in [0.25, 0.3) is 0 Å². The summed E-state index contributed by atoms with van der Waals surface area (Å²) in [5, 5.41) is 0. The van der Waals surface area contributed by atoms with Gasteiger partial charge in [-0.2, -0.15) is 0 Å². The van der Waals surface area contributed by atoms with E-state index in [9.17, 15) is 9.59 Å². The van der Waals surface area contributed by atoms with Gasteiger partial charge in [-0.05, 0) is 12.1 Å². The highest BCUT2D eigenvalue weighted by Gasteiger charge is 2.51. The van der Waals surface area contributed by atoms with Crippen LogP contribution in [0.2, 0.25) is 0 Å². The van der Waals surface area contributed by atoms with Crippen molar-refractivity contribution in [3.63, 3.8) is 0 Å². The highest BCUT2D eigenvalue weighted by molar-refractivity contribution is 6.04. The van der Waals surface area contributed by atoms with Gasteiger partial charge >= 0.3 is 5.97 Å². The number of hydrogen-bond acceptors (Lipinski definition) is 4. The summed E-state index contributed by atoms with van der Waals surface area (Å²) in [6, 6.07) is 8.77. The van der Waals surface area contributed by atoms with Gasteiger partial charge in [0.15, 0.2) is 5.60 Å². The Labute approximate surface area is 111 Å². The van der Waals surface area contributed by atoms with Crippen LogP contribution in [0.15, 0.2) is 42.6 Å². The summed E-state index contributed by atoms with van der Waals surface area (Å²) in [7, 11) is 0. The smallest absolute Gasteiger partial charge is 0.339 e. The number of nitrogens with zero attached hydrogens (tertiary/aromatic N) is 1. The second kappa shape index (κ2) is 4.23. The van der Waals surface area contributed by atoms with Crippen LogP contribution in [-0.4, -0.2) is 35.3 Å². The van der Waals surface area contributed by atoms with Crippen LogP contribution in [0.5, 0.6) is 0 Å². The molecule has 1 aromatic carbocycles. The first-order chi connectivity index (χ1) is 9.12. The van der Waals surface area contributed by atoms with Crippen LogP contribution >= 0.6 is 0 Å². The molecule has 0 N–H and O–H groups in total. The molecule has 3 aliphatic rings. The van der Waals surface area contributed by atoms with E-state index < -0.39 is 11.6 Å². The molecule has 4 heteroatoms. The van der Waals surface area contributed by atoms with Gasteiger partial charge in [0.05, 0.1) is 11.3 Å².